The number of hydrogen-bond donors (Lipinski definition) is 1. The fraction of sp³-hybridized carbons (Fsp3) is 0.261. The van der Waals surface area contributed by atoms with E-state index in [9.17, 15) is 18.4 Å². The van der Waals surface area contributed by atoms with E-state index in [1.807, 2.05) is 38.1 Å². The normalized spacial score (nSPS) is 19.7. The number of anilines is 2. The molecule has 1 atom stereocenters. The summed E-state index contributed by atoms with van der Waals surface area (Å²) in [6, 6.07) is 10.5. The fourth-order valence-corrected chi connectivity index (χ4v) is 4.63. The number of halogens is 2. The second-order valence-corrected chi connectivity index (χ2v) is 8.37. The molecule has 2 aromatic carbocycles. The summed E-state index contributed by atoms with van der Waals surface area (Å²) in [5.74, 6) is -1.66. The molecule has 0 saturated heterocycles. The molecule has 1 spiro atoms. The maximum atomic E-state index is 14.5. The van der Waals surface area contributed by atoms with Crippen LogP contribution in [0.3, 0.4) is 0 Å². The first-order valence-corrected chi connectivity index (χ1v) is 10.1. The zero-order valence-corrected chi connectivity index (χ0v) is 17.0. The van der Waals surface area contributed by atoms with Crippen LogP contribution < -0.4 is 10.2 Å². The van der Waals surface area contributed by atoms with Gasteiger partial charge >= 0.3 is 0 Å². The molecule has 5 rings (SSSR count). The van der Waals surface area contributed by atoms with Crippen molar-refractivity contribution in [2.45, 2.75) is 25.7 Å². The number of hydrogen-bond acceptors (Lipinski definition) is 3. The van der Waals surface area contributed by atoms with Gasteiger partial charge in [-0.2, -0.15) is 5.10 Å². The number of aromatic nitrogens is 2. The van der Waals surface area contributed by atoms with Gasteiger partial charge in [0.15, 0.2) is 5.82 Å². The molecule has 2 amide bonds. The number of rotatable bonds is 3. The van der Waals surface area contributed by atoms with Gasteiger partial charge in [0.1, 0.15) is 22.7 Å². The zero-order chi connectivity index (χ0) is 21.9. The fourth-order valence-electron chi connectivity index (χ4n) is 4.63. The standard InChI is InChI=1S/C23H20F2N4O2/c1-13(2)12-28-18-6-4-3-5-15(18)23(22(28)31)10-20(30)27-21-16(23)11-26-29(21)19-8-7-14(24)9-17(19)25/h3-9,11,13H,10,12H2,1-2H3,(H,27,30)/t23-/m0/s1. The third kappa shape index (κ3) is 2.71. The first-order chi connectivity index (χ1) is 14.8. The number of carbonyl (C=O) groups is 2. The molecule has 0 aliphatic carbocycles. The number of nitrogens with one attached hydrogen (secondary N) is 1. The van der Waals surface area contributed by atoms with Gasteiger partial charge in [-0.1, -0.05) is 32.0 Å². The van der Waals surface area contributed by atoms with Gasteiger partial charge in [0.05, 0.1) is 6.20 Å². The van der Waals surface area contributed by atoms with Crippen LogP contribution in [-0.4, -0.2) is 28.1 Å². The molecule has 0 radical (unpaired) electrons. The predicted molar refractivity (Wildman–Crippen MR) is 111 cm³/mol. The van der Waals surface area contributed by atoms with Crippen molar-refractivity contribution in [1.29, 1.82) is 0 Å². The van der Waals surface area contributed by atoms with Crippen molar-refractivity contribution in [1.82, 2.24) is 9.78 Å². The van der Waals surface area contributed by atoms with Crippen molar-refractivity contribution < 1.29 is 18.4 Å². The van der Waals surface area contributed by atoms with E-state index in [0.717, 1.165) is 23.4 Å². The van der Waals surface area contributed by atoms with Crippen LogP contribution in [0.15, 0.2) is 48.7 Å². The lowest BCUT2D eigenvalue weighted by atomic mass is 9.72. The Morgan fingerprint density at radius 2 is 1.87 bits per heavy atom. The van der Waals surface area contributed by atoms with Crippen LogP contribution in [-0.2, 0) is 15.0 Å². The zero-order valence-electron chi connectivity index (χ0n) is 17.0. The summed E-state index contributed by atoms with van der Waals surface area (Å²) in [6.45, 7) is 4.56. The van der Waals surface area contributed by atoms with Crippen molar-refractivity contribution in [3.05, 3.63) is 71.4 Å². The van der Waals surface area contributed by atoms with Crippen LogP contribution in [0, 0.1) is 17.6 Å². The van der Waals surface area contributed by atoms with Gasteiger partial charge in [-0.3, -0.25) is 9.59 Å². The van der Waals surface area contributed by atoms with E-state index in [2.05, 4.69) is 10.4 Å². The molecule has 3 aromatic rings. The monoisotopic (exact) mass is 422 g/mol. The highest BCUT2D eigenvalue weighted by Crippen LogP contribution is 2.52. The molecule has 8 heteroatoms. The van der Waals surface area contributed by atoms with Gasteiger partial charge in [0.25, 0.3) is 0 Å². The second kappa shape index (κ2) is 6.73. The summed E-state index contributed by atoms with van der Waals surface area (Å²) in [5.41, 5.74) is 0.744. The van der Waals surface area contributed by atoms with E-state index in [1.54, 1.807) is 4.90 Å². The number of benzene rings is 2. The van der Waals surface area contributed by atoms with Crippen LogP contribution >= 0.6 is 0 Å². The Hall–Kier alpha value is -3.55. The van der Waals surface area contributed by atoms with E-state index in [-0.39, 0.29) is 35.7 Å². The third-order valence-corrected chi connectivity index (χ3v) is 5.86. The molecule has 6 nitrogen and oxygen atoms in total. The molecule has 3 heterocycles. The summed E-state index contributed by atoms with van der Waals surface area (Å²) < 4.78 is 29.1. The van der Waals surface area contributed by atoms with E-state index >= 15 is 0 Å². The summed E-state index contributed by atoms with van der Waals surface area (Å²) in [7, 11) is 0. The van der Waals surface area contributed by atoms with E-state index < -0.39 is 17.0 Å². The molecule has 158 valence electrons. The van der Waals surface area contributed by atoms with Gasteiger partial charge in [-0.15, -0.1) is 0 Å². The predicted octanol–water partition coefficient (Wildman–Crippen LogP) is 3.78. The number of nitrogens with zero attached hydrogens (tertiary/aromatic N) is 3. The van der Waals surface area contributed by atoms with Gasteiger partial charge < -0.3 is 10.2 Å². The SMILES string of the molecule is CC(C)CN1C(=O)[C@@]2(CC(=O)Nc3c2cnn3-c2ccc(F)cc2F)c2ccccc21. The minimum Gasteiger partial charge on any atom is -0.311 e. The smallest absolute Gasteiger partial charge is 0.242 e. The Labute approximate surface area is 177 Å². The maximum absolute atomic E-state index is 14.5. The number of carbonyl (C=O) groups excluding carboxylic acids is 2. The van der Waals surface area contributed by atoms with Gasteiger partial charge in [-0.25, -0.2) is 13.5 Å². The molecule has 31 heavy (non-hydrogen) atoms. The number of amides is 2. The molecular formula is C23H20F2N4O2. The molecule has 0 unspecified atom stereocenters. The summed E-state index contributed by atoms with van der Waals surface area (Å²) in [6.07, 6.45) is 1.42. The Morgan fingerprint density at radius 1 is 1.10 bits per heavy atom. The van der Waals surface area contributed by atoms with Crippen molar-refractivity contribution in [3.63, 3.8) is 0 Å². The first-order valence-electron chi connectivity index (χ1n) is 10.1. The molecule has 1 aromatic heterocycles. The minimum atomic E-state index is -1.24. The van der Waals surface area contributed by atoms with Crippen LogP contribution in [0.5, 0.6) is 0 Å². The van der Waals surface area contributed by atoms with Crippen LogP contribution in [0.1, 0.15) is 31.4 Å². The van der Waals surface area contributed by atoms with Crippen LogP contribution in [0.4, 0.5) is 20.3 Å². The van der Waals surface area contributed by atoms with Crippen molar-refractivity contribution in [2.75, 3.05) is 16.8 Å². The largest absolute Gasteiger partial charge is 0.311 e. The molecule has 2 aliphatic rings. The molecule has 1 N–H and O–H groups in total. The lowest BCUT2D eigenvalue weighted by Gasteiger charge is -2.32. The van der Waals surface area contributed by atoms with Crippen molar-refractivity contribution in [3.8, 4) is 5.69 Å². The summed E-state index contributed by atoms with van der Waals surface area (Å²) in [4.78, 5) is 28.4. The van der Waals surface area contributed by atoms with Gasteiger partial charge in [0.2, 0.25) is 11.8 Å². The Kier molecular flexibility index (Phi) is 4.22. The molecule has 0 saturated carbocycles. The van der Waals surface area contributed by atoms with Crippen molar-refractivity contribution >= 4 is 23.3 Å². The van der Waals surface area contributed by atoms with Crippen molar-refractivity contribution in [2.24, 2.45) is 5.92 Å². The number of fused-ring (bicyclic) bond motifs is 4. The topological polar surface area (TPSA) is 67.2 Å². The minimum absolute atomic E-state index is 0.0160. The maximum Gasteiger partial charge on any atom is 0.242 e. The molecule has 0 bridgehead atoms. The Bertz CT molecular complexity index is 1240. The molecular weight excluding hydrogens is 402 g/mol. The lowest BCUT2D eigenvalue weighted by molar-refractivity contribution is -0.126. The average molecular weight is 422 g/mol. The highest BCUT2D eigenvalue weighted by molar-refractivity contribution is 6.15. The lowest BCUT2D eigenvalue weighted by Crippen LogP contribution is -2.47. The average Bonchev–Trinajstić information content (AvgIpc) is 3.22. The van der Waals surface area contributed by atoms with E-state index in [1.165, 1.54) is 16.9 Å². The van der Waals surface area contributed by atoms with E-state index in [4.69, 9.17) is 0 Å². The highest BCUT2D eigenvalue weighted by Gasteiger charge is 2.57. The molecule has 2 aliphatic heterocycles. The second-order valence-electron chi connectivity index (χ2n) is 8.37. The van der Waals surface area contributed by atoms with Gasteiger partial charge in [-0.05, 0) is 29.7 Å². The van der Waals surface area contributed by atoms with Crippen LogP contribution in [0.2, 0.25) is 0 Å². The Balaban J connectivity index is 1.74. The first kappa shape index (κ1) is 19.4. The summed E-state index contributed by atoms with van der Waals surface area (Å²) >= 11 is 0. The Morgan fingerprint density at radius 3 is 2.61 bits per heavy atom. The molecule has 0 fully saturated rings. The van der Waals surface area contributed by atoms with Crippen LogP contribution in [0.25, 0.3) is 5.69 Å². The third-order valence-electron chi connectivity index (χ3n) is 5.86. The number of para-hydroxylation sites is 1. The van der Waals surface area contributed by atoms with E-state index in [0.29, 0.717) is 12.1 Å². The highest BCUT2D eigenvalue weighted by atomic mass is 19.1. The quantitative estimate of drug-likeness (QED) is 0.699. The summed E-state index contributed by atoms with van der Waals surface area (Å²) in [5, 5.41) is 7.01. The van der Waals surface area contributed by atoms with Gasteiger partial charge in [0, 0.05) is 30.3 Å².